The van der Waals surface area contributed by atoms with Crippen molar-refractivity contribution in [3.05, 3.63) is 29.8 Å². The van der Waals surface area contributed by atoms with Crippen LogP contribution in [0.5, 0.6) is 5.75 Å². The van der Waals surface area contributed by atoms with E-state index in [1.54, 1.807) is 7.11 Å². The zero-order valence-electron chi connectivity index (χ0n) is 11.3. The minimum Gasteiger partial charge on any atom is -0.497 e. The fourth-order valence-electron chi connectivity index (χ4n) is 2.48. The molecule has 0 saturated heterocycles. The fraction of sp³-hybridized carbons (Fsp3) is 0.600. The van der Waals surface area contributed by atoms with Gasteiger partial charge in [0.25, 0.3) is 0 Å². The molecule has 1 aliphatic carbocycles. The Morgan fingerprint density at radius 2 is 2.22 bits per heavy atom. The smallest absolute Gasteiger partial charge is 0.119 e. The predicted octanol–water partition coefficient (Wildman–Crippen LogP) is 2.76. The molecular weight excluding hydrogens is 228 g/mol. The maximum Gasteiger partial charge on any atom is 0.119 e. The third-order valence-corrected chi connectivity index (χ3v) is 4.28. The van der Waals surface area contributed by atoms with Crippen LogP contribution in [0.1, 0.15) is 32.3 Å². The standard InChI is InChI=1S/C15H22O3/c1-4-15(2)13(16)9-14(15)18-10-11-6-5-7-12(8-11)17-3/h5-8,13-14,16H,4,9-10H2,1-3H3. The van der Waals surface area contributed by atoms with Crippen LogP contribution in [0, 0.1) is 5.41 Å². The molecule has 1 N–H and O–H groups in total. The number of aliphatic hydroxyl groups excluding tert-OH is 1. The van der Waals surface area contributed by atoms with Crippen LogP contribution in [0.25, 0.3) is 0 Å². The Balaban J connectivity index is 1.92. The van der Waals surface area contributed by atoms with E-state index in [0.29, 0.717) is 6.61 Å². The molecule has 18 heavy (non-hydrogen) atoms. The Morgan fingerprint density at radius 3 is 2.83 bits per heavy atom. The van der Waals surface area contributed by atoms with Crippen LogP contribution < -0.4 is 4.74 Å². The van der Waals surface area contributed by atoms with Gasteiger partial charge in [0, 0.05) is 11.8 Å². The molecule has 1 saturated carbocycles. The molecule has 0 heterocycles. The largest absolute Gasteiger partial charge is 0.497 e. The van der Waals surface area contributed by atoms with Crippen molar-refractivity contribution in [3.8, 4) is 5.75 Å². The van der Waals surface area contributed by atoms with Gasteiger partial charge in [0.1, 0.15) is 5.75 Å². The number of hydrogen-bond acceptors (Lipinski definition) is 3. The van der Waals surface area contributed by atoms with Gasteiger partial charge in [-0.2, -0.15) is 0 Å². The van der Waals surface area contributed by atoms with Gasteiger partial charge in [-0.3, -0.25) is 0 Å². The molecule has 0 radical (unpaired) electrons. The minimum atomic E-state index is -0.224. The van der Waals surface area contributed by atoms with Crippen molar-refractivity contribution in [3.63, 3.8) is 0 Å². The van der Waals surface area contributed by atoms with E-state index in [-0.39, 0.29) is 17.6 Å². The summed E-state index contributed by atoms with van der Waals surface area (Å²) in [6.45, 7) is 4.77. The molecular formula is C15H22O3. The molecule has 3 heteroatoms. The maximum absolute atomic E-state index is 9.82. The molecule has 0 bridgehead atoms. The molecule has 2 rings (SSSR count). The minimum absolute atomic E-state index is 0.0845. The highest BCUT2D eigenvalue weighted by molar-refractivity contribution is 5.27. The summed E-state index contributed by atoms with van der Waals surface area (Å²) in [6.07, 6.45) is 1.62. The summed E-state index contributed by atoms with van der Waals surface area (Å²) in [4.78, 5) is 0. The van der Waals surface area contributed by atoms with E-state index in [1.165, 1.54) is 0 Å². The summed E-state index contributed by atoms with van der Waals surface area (Å²) >= 11 is 0. The van der Waals surface area contributed by atoms with Crippen molar-refractivity contribution < 1.29 is 14.6 Å². The van der Waals surface area contributed by atoms with Crippen molar-refractivity contribution >= 4 is 0 Å². The molecule has 0 aliphatic heterocycles. The fourth-order valence-corrected chi connectivity index (χ4v) is 2.48. The lowest BCUT2D eigenvalue weighted by molar-refractivity contribution is -0.190. The third-order valence-electron chi connectivity index (χ3n) is 4.28. The number of aliphatic hydroxyl groups is 1. The lowest BCUT2D eigenvalue weighted by Crippen LogP contribution is -2.55. The summed E-state index contributed by atoms with van der Waals surface area (Å²) in [5.74, 6) is 0.850. The number of hydrogen-bond donors (Lipinski definition) is 1. The van der Waals surface area contributed by atoms with Crippen molar-refractivity contribution in [1.82, 2.24) is 0 Å². The van der Waals surface area contributed by atoms with E-state index in [2.05, 4.69) is 13.8 Å². The van der Waals surface area contributed by atoms with E-state index in [9.17, 15) is 5.11 Å². The van der Waals surface area contributed by atoms with Gasteiger partial charge in [0.05, 0.1) is 25.9 Å². The normalized spacial score (nSPS) is 30.9. The summed E-state index contributed by atoms with van der Waals surface area (Å²) in [5, 5.41) is 9.82. The van der Waals surface area contributed by atoms with Crippen LogP contribution in [-0.2, 0) is 11.3 Å². The van der Waals surface area contributed by atoms with Gasteiger partial charge in [0.15, 0.2) is 0 Å². The first kappa shape index (κ1) is 13.4. The topological polar surface area (TPSA) is 38.7 Å². The lowest BCUT2D eigenvalue weighted by atomic mass is 9.63. The highest BCUT2D eigenvalue weighted by atomic mass is 16.5. The molecule has 1 aromatic carbocycles. The Morgan fingerprint density at radius 1 is 1.44 bits per heavy atom. The SMILES string of the molecule is CCC1(C)C(O)CC1OCc1cccc(OC)c1. The molecule has 3 nitrogen and oxygen atoms in total. The second-order valence-corrected chi connectivity index (χ2v) is 5.26. The van der Waals surface area contributed by atoms with Crippen LogP contribution in [0.3, 0.4) is 0 Å². The summed E-state index contributed by atoms with van der Waals surface area (Å²) in [6, 6.07) is 7.90. The van der Waals surface area contributed by atoms with E-state index in [4.69, 9.17) is 9.47 Å². The summed E-state index contributed by atoms with van der Waals surface area (Å²) in [7, 11) is 1.66. The first-order valence-electron chi connectivity index (χ1n) is 6.52. The van der Waals surface area contributed by atoms with Crippen molar-refractivity contribution in [2.75, 3.05) is 7.11 Å². The van der Waals surface area contributed by atoms with Crippen LogP contribution in [0.15, 0.2) is 24.3 Å². The van der Waals surface area contributed by atoms with Crippen LogP contribution in [0.4, 0.5) is 0 Å². The highest BCUT2D eigenvalue weighted by Gasteiger charge is 2.50. The lowest BCUT2D eigenvalue weighted by Gasteiger charge is -2.50. The molecule has 3 unspecified atom stereocenters. The molecule has 0 amide bonds. The number of methoxy groups -OCH3 is 1. The second-order valence-electron chi connectivity index (χ2n) is 5.26. The van der Waals surface area contributed by atoms with Crippen molar-refractivity contribution in [2.45, 2.75) is 45.5 Å². The van der Waals surface area contributed by atoms with Crippen LogP contribution in [-0.4, -0.2) is 24.4 Å². The summed E-state index contributed by atoms with van der Waals surface area (Å²) < 4.78 is 11.1. The van der Waals surface area contributed by atoms with Gasteiger partial charge in [-0.1, -0.05) is 26.0 Å². The third kappa shape index (κ3) is 2.38. The Kier molecular flexibility index (Phi) is 3.93. The average molecular weight is 250 g/mol. The van der Waals surface area contributed by atoms with Crippen LogP contribution >= 0.6 is 0 Å². The second kappa shape index (κ2) is 5.29. The molecule has 1 fully saturated rings. The Labute approximate surface area is 109 Å². The van der Waals surface area contributed by atoms with Gasteiger partial charge in [-0.15, -0.1) is 0 Å². The molecule has 100 valence electrons. The highest BCUT2D eigenvalue weighted by Crippen LogP contribution is 2.46. The molecule has 0 spiro atoms. The zero-order valence-corrected chi connectivity index (χ0v) is 11.3. The monoisotopic (exact) mass is 250 g/mol. The van der Waals surface area contributed by atoms with E-state index >= 15 is 0 Å². The average Bonchev–Trinajstić information content (AvgIpc) is 2.42. The Hall–Kier alpha value is -1.06. The first-order valence-corrected chi connectivity index (χ1v) is 6.52. The van der Waals surface area contributed by atoms with Gasteiger partial charge in [-0.05, 0) is 24.1 Å². The maximum atomic E-state index is 9.82. The predicted molar refractivity (Wildman–Crippen MR) is 70.6 cm³/mol. The van der Waals surface area contributed by atoms with Gasteiger partial charge < -0.3 is 14.6 Å². The van der Waals surface area contributed by atoms with E-state index in [1.807, 2.05) is 24.3 Å². The van der Waals surface area contributed by atoms with Gasteiger partial charge >= 0.3 is 0 Å². The first-order chi connectivity index (χ1) is 8.60. The Bertz CT molecular complexity index is 404. The van der Waals surface area contributed by atoms with Crippen molar-refractivity contribution in [2.24, 2.45) is 5.41 Å². The molecule has 0 aromatic heterocycles. The number of benzene rings is 1. The van der Waals surface area contributed by atoms with Crippen LogP contribution in [0.2, 0.25) is 0 Å². The van der Waals surface area contributed by atoms with Crippen molar-refractivity contribution in [1.29, 1.82) is 0 Å². The van der Waals surface area contributed by atoms with Gasteiger partial charge in [0.2, 0.25) is 0 Å². The molecule has 3 atom stereocenters. The van der Waals surface area contributed by atoms with Gasteiger partial charge in [-0.25, -0.2) is 0 Å². The quantitative estimate of drug-likeness (QED) is 0.873. The van der Waals surface area contributed by atoms with E-state index in [0.717, 1.165) is 24.2 Å². The summed E-state index contributed by atoms with van der Waals surface area (Å²) in [5.41, 5.74) is 1.02. The number of ether oxygens (including phenoxy) is 2. The number of rotatable bonds is 5. The molecule has 1 aromatic rings. The van der Waals surface area contributed by atoms with E-state index < -0.39 is 0 Å². The molecule has 1 aliphatic rings. The zero-order chi connectivity index (χ0) is 13.2.